The van der Waals surface area contributed by atoms with Crippen molar-refractivity contribution < 1.29 is 24.6 Å². The molecule has 0 spiro atoms. The molecule has 0 rings (SSSR count). The number of carbonyl (C=O) groups is 3. The largest absolute Gasteiger partial charge is 0.481 e. The van der Waals surface area contributed by atoms with Crippen LogP contribution in [0.5, 0.6) is 0 Å². The Labute approximate surface area is 112 Å². The molecule has 7 nitrogen and oxygen atoms in total. The topological polar surface area (TPSA) is 107 Å². The van der Waals surface area contributed by atoms with Crippen molar-refractivity contribution in [2.75, 3.05) is 13.1 Å². The minimum Gasteiger partial charge on any atom is -0.481 e. The molecule has 0 heterocycles. The maximum Gasteiger partial charge on any atom is 0.326 e. The second-order valence-corrected chi connectivity index (χ2v) is 4.26. The third-order valence-corrected chi connectivity index (χ3v) is 2.52. The summed E-state index contributed by atoms with van der Waals surface area (Å²) in [6.45, 7) is 4.94. The minimum absolute atomic E-state index is 0.123. The monoisotopic (exact) mass is 274 g/mol. The van der Waals surface area contributed by atoms with Gasteiger partial charge in [0.2, 0.25) is 0 Å². The molecule has 0 unspecified atom stereocenters. The molecule has 0 fully saturated rings. The number of nitrogens with one attached hydrogen (secondary N) is 1. The summed E-state index contributed by atoms with van der Waals surface area (Å²) in [4.78, 5) is 34.8. The summed E-state index contributed by atoms with van der Waals surface area (Å²) in [5.74, 6) is -2.30. The van der Waals surface area contributed by atoms with Crippen molar-refractivity contribution in [1.29, 1.82) is 0 Å². The number of aliphatic carboxylic acids is 2. The highest BCUT2D eigenvalue weighted by Gasteiger charge is 2.23. The number of amides is 2. The molecule has 0 aliphatic carbocycles. The van der Waals surface area contributed by atoms with Crippen molar-refractivity contribution in [3.8, 4) is 0 Å². The van der Waals surface area contributed by atoms with Gasteiger partial charge >= 0.3 is 18.0 Å². The van der Waals surface area contributed by atoms with Crippen LogP contribution in [0.15, 0.2) is 0 Å². The van der Waals surface area contributed by atoms with E-state index < -0.39 is 24.0 Å². The number of rotatable bonds is 9. The zero-order chi connectivity index (χ0) is 14.8. The highest BCUT2D eigenvalue weighted by molar-refractivity contribution is 5.83. The van der Waals surface area contributed by atoms with Crippen LogP contribution < -0.4 is 5.32 Å². The van der Waals surface area contributed by atoms with Gasteiger partial charge < -0.3 is 20.4 Å². The molecule has 0 aromatic heterocycles. The summed E-state index contributed by atoms with van der Waals surface area (Å²) in [6.07, 6.45) is 1.14. The van der Waals surface area contributed by atoms with Crippen LogP contribution in [0.3, 0.4) is 0 Å². The first kappa shape index (κ1) is 17.2. The van der Waals surface area contributed by atoms with Gasteiger partial charge in [-0.25, -0.2) is 9.59 Å². The van der Waals surface area contributed by atoms with Crippen LogP contribution in [-0.2, 0) is 9.59 Å². The van der Waals surface area contributed by atoms with Gasteiger partial charge in [0.15, 0.2) is 0 Å². The van der Waals surface area contributed by atoms with Gasteiger partial charge in [0.05, 0.1) is 0 Å². The summed E-state index contributed by atoms with van der Waals surface area (Å²) in [6, 6.07) is -1.62. The van der Waals surface area contributed by atoms with Gasteiger partial charge in [-0.15, -0.1) is 0 Å². The molecule has 0 radical (unpaired) electrons. The van der Waals surface area contributed by atoms with Gasteiger partial charge in [0.25, 0.3) is 0 Å². The maximum absolute atomic E-state index is 11.9. The van der Waals surface area contributed by atoms with Crippen molar-refractivity contribution in [1.82, 2.24) is 10.2 Å². The predicted octanol–water partition coefficient (Wildman–Crippen LogP) is 1.14. The molecule has 0 bridgehead atoms. The lowest BCUT2D eigenvalue weighted by atomic mass is 10.1. The number of carbonyl (C=O) groups excluding carboxylic acids is 1. The number of nitrogens with zero attached hydrogens (tertiary/aromatic N) is 1. The Morgan fingerprint density at radius 3 is 2.00 bits per heavy atom. The van der Waals surface area contributed by atoms with Gasteiger partial charge in [0, 0.05) is 19.5 Å². The Bertz CT molecular complexity index is 313. The van der Waals surface area contributed by atoms with E-state index in [-0.39, 0.29) is 12.8 Å². The Kier molecular flexibility index (Phi) is 8.32. The minimum atomic E-state index is -1.22. The molecule has 0 aliphatic rings. The Balaban J connectivity index is 4.49. The van der Waals surface area contributed by atoms with E-state index in [4.69, 9.17) is 10.2 Å². The van der Waals surface area contributed by atoms with Crippen LogP contribution >= 0.6 is 0 Å². The fraction of sp³-hybridized carbons (Fsp3) is 0.750. The standard InChI is InChI=1S/C12H22N2O5/c1-3-7-14(8-4-2)12(19)13-9(11(17)18)5-6-10(15)16/h9H,3-8H2,1-2H3,(H,13,19)(H,15,16)(H,17,18)/t9-/m0/s1. The lowest BCUT2D eigenvalue weighted by Gasteiger charge is -2.24. The van der Waals surface area contributed by atoms with Crippen LogP contribution in [0.2, 0.25) is 0 Å². The second-order valence-electron chi connectivity index (χ2n) is 4.26. The lowest BCUT2D eigenvalue weighted by molar-refractivity contribution is -0.140. The first-order valence-corrected chi connectivity index (χ1v) is 6.42. The number of carboxylic acid groups (broad SMARTS) is 2. The third kappa shape index (κ3) is 7.28. The zero-order valence-electron chi connectivity index (χ0n) is 11.4. The van der Waals surface area contributed by atoms with Crippen LogP contribution in [-0.4, -0.2) is 52.2 Å². The molecule has 3 N–H and O–H groups in total. The van der Waals surface area contributed by atoms with Crippen LogP contribution in [0, 0.1) is 0 Å². The summed E-state index contributed by atoms with van der Waals surface area (Å²) in [7, 11) is 0. The number of hydrogen-bond donors (Lipinski definition) is 3. The molecule has 0 aliphatic heterocycles. The quantitative estimate of drug-likeness (QED) is 0.584. The van der Waals surface area contributed by atoms with Crippen LogP contribution in [0.25, 0.3) is 0 Å². The molecule has 110 valence electrons. The molecule has 19 heavy (non-hydrogen) atoms. The maximum atomic E-state index is 11.9. The van der Waals surface area contributed by atoms with E-state index in [1.54, 1.807) is 0 Å². The summed E-state index contributed by atoms with van der Waals surface area (Å²) >= 11 is 0. The molecule has 2 amide bonds. The smallest absolute Gasteiger partial charge is 0.326 e. The summed E-state index contributed by atoms with van der Waals surface area (Å²) < 4.78 is 0. The fourth-order valence-electron chi connectivity index (χ4n) is 1.62. The third-order valence-electron chi connectivity index (χ3n) is 2.52. The summed E-state index contributed by atoms with van der Waals surface area (Å²) in [5.41, 5.74) is 0. The van der Waals surface area contributed by atoms with Gasteiger partial charge in [-0.2, -0.15) is 0 Å². The van der Waals surface area contributed by atoms with E-state index in [2.05, 4.69) is 5.32 Å². The first-order chi connectivity index (χ1) is 8.92. The molecular formula is C12H22N2O5. The van der Waals surface area contributed by atoms with E-state index in [1.807, 2.05) is 13.8 Å². The van der Waals surface area contributed by atoms with Crippen molar-refractivity contribution in [3.63, 3.8) is 0 Å². The van der Waals surface area contributed by atoms with Crippen LogP contribution in [0.4, 0.5) is 4.79 Å². The van der Waals surface area contributed by atoms with E-state index in [1.165, 1.54) is 4.90 Å². The summed E-state index contributed by atoms with van der Waals surface area (Å²) in [5, 5.41) is 19.9. The molecule has 7 heteroatoms. The van der Waals surface area contributed by atoms with E-state index in [9.17, 15) is 14.4 Å². The van der Waals surface area contributed by atoms with E-state index in [0.29, 0.717) is 13.1 Å². The molecule has 1 atom stereocenters. The number of urea groups is 1. The highest BCUT2D eigenvalue weighted by Crippen LogP contribution is 2.01. The molecule has 0 saturated carbocycles. The molecule has 0 aromatic rings. The zero-order valence-corrected chi connectivity index (χ0v) is 11.4. The average molecular weight is 274 g/mol. The SMILES string of the molecule is CCCN(CCC)C(=O)N[C@@H](CCC(=O)O)C(=O)O. The molecular weight excluding hydrogens is 252 g/mol. The first-order valence-electron chi connectivity index (χ1n) is 6.42. The molecule has 0 aromatic carbocycles. The number of carboxylic acids is 2. The Morgan fingerprint density at radius 1 is 1.11 bits per heavy atom. The number of hydrogen-bond acceptors (Lipinski definition) is 3. The highest BCUT2D eigenvalue weighted by atomic mass is 16.4. The Hall–Kier alpha value is -1.79. The fourth-order valence-corrected chi connectivity index (χ4v) is 1.62. The van der Waals surface area contributed by atoms with Gasteiger partial charge in [-0.3, -0.25) is 4.79 Å². The Morgan fingerprint density at radius 2 is 1.63 bits per heavy atom. The molecule has 0 saturated heterocycles. The second kappa shape index (κ2) is 9.18. The lowest BCUT2D eigenvalue weighted by Crippen LogP contribution is -2.48. The van der Waals surface area contributed by atoms with Crippen molar-refractivity contribution in [3.05, 3.63) is 0 Å². The van der Waals surface area contributed by atoms with Crippen molar-refractivity contribution in [2.24, 2.45) is 0 Å². The van der Waals surface area contributed by atoms with Gasteiger partial charge in [-0.1, -0.05) is 13.8 Å². The van der Waals surface area contributed by atoms with Crippen molar-refractivity contribution >= 4 is 18.0 Å². The van der Waals surface area contributed by atoms with E-state index >= 15 is 0 Å². The van der Waals surface area contributed by atoms with Crippen LogP contribution in [0.1, 0.15) is 39.5 Å². The van der Waals surface area contributed by atoms with Crippen molar-refractivity contribution in [2.45, 2.75) is 45.6 Å². The predicted molar refractivity (Wildman–Crippen MR) is 69.0 cm³/mol. The van der Waals surface area contributed by atoms with Gasteiger partial charge in [-0.05, 0) is 19.3 Å². The normalized spacial score (nSPS) is 11.7. The van der Waals surface area contributed by atoms with E-state index in [0.717, 1.165) is 12.8 Å². The average Bonchev–Trinajstić information content (AvgIpc) is 2.33. The van der Waals surface area contributed by atoms with Gasteiger partial charge in [0.1, 0.15) is 6.04 Å².